The van der Waals surface area contributed by atoms with Gasteiger partial charge in [0, 0.05) is 0 Å². The molecule has 0 aliphatic rings. The SMILES string of the molecule is Nc1nc(OCC(O)CO)c2nonc2n1. The molecule has 0 saturated carbocycles. The van der Waals surface area contributed by atoms with E-state index in [1.165, 1.54) is 0 Å². The maximum atomic E-state index is 9.10. The first kappa shape index (κ1) is 10.5. The number of hydrogen-bond donors (Lipinski definition) is 3. The lowest BCUT2D eigenvalue weighted by molar-refractivity contribution is 0.0525. The summed E-state index contributed by atoms with van der Waals surface area (Å²) >= 11 is 0. The normalized spacial score (nSPS) is 12.9. The van der Waals surface area contributed by atoms with Crippen molar-refractivity contribution in [1.29, 1.82) is 0 Å². The molecular weight excluding hydrogens is 218 g/mol. The van der Waals surface area contributed by atoms with Crippen LogP contribution in [0.3, 0.4) is 0 Å². The molecule has 0 saturated heterocycles. The van der Waals surface area contributed by atoms with Gasteiger partial charge in [-0.2, -0.15) is 9.97 Å². The minimum Gasteiger partial charge on any atom is -0.473 e. The number of aliphatic hydroxyl groups is 2. The van der Waals surface area contributed by atoms with E-state index in [0.717, 1.165) is 0 Å². The van der Waals surface area contributed by atoms with Gasteiger partial charge in [0.25, 0.3) is 5.88 Å². The lowest BCUT2D eigenvalue weighted by Crippen LogP contribution is -2.21. The highest BCUT2D eigenvalue weighted by atomic mass is 16.6. The highest BCUT2D eigenvalue weighted by Gasteiger charge is 2.14. The molecule has 0 fully saturated rings. The first-order valence-corrected chi connectivity index (χ1v) is 4.38. The molecule has 86 valence electrons. The van der Waals surface area contributed by atoms with Gasteiger partial charge in [-0.3, -0.25) is 0 Å². The number of fused-ring (bicyclic) bond motifs is 1. The smallest absolute Gasteiger partial charge is 0.251 e. The Balaban J connectivity index is 2.25. The standard InChI is InChI=1S/C7H9N5O4/c8-7-9-5-4(11-16-12-5)6(10-7)15-2-3(14)1-13/h3,13-14H,1-2H2,(H2,8,9,12). The molecule has 1 unspecified atom stereocenters. The molecule has 0 radical (unpaired) electrons. The van der Waals surface area contributed by atoms with Crippen LogP contribution in [0.2, 0.25) is 0 Å². The van der Waals surface area contributed by atoms with Gasteiger partial charge in [-0.25, -0.2) is 4.63 Å². The summed E-state index contributed by atoms with van der Waals surface area (Å²) in [6.45, 7) is -0.560. The van der Waals surface area contributed by atoms with E-state index in [2.05, 4.69) is 24.9 Å². The highest BCUT2D eigenvalue weighted by molar-refractivity contribution is 5.75. The Labute approximate surface area is 88.8 Å². The molecule has 2 aromatic rings. The van der Waals surface area contributed by atoms with Crippen LogP contribution in [-0.2, 0) is 0 Å². The Hall–Kier alpha value is -2.00. The monoisotopic (exact) mass is 227 g/mol. The lowest BCUT2D eigenvalue weighted by Gasteiger charge is -2.08. The molecule has 2 heterocycles. The van der Waals surface area contributed by atoms with Crippen molar-refractivity contribution in [1.82, 2.24) is 20.3 Å². The van der Waals surface area contributed by atoms with Crippen LogP contribution in [0.15, 0.2) is 4.63 Å². The third-order valence-corrected chi connectivity index (χ3v) is 1.73. The summed E-state index contributed by atoms with van der Waals surface area (Å²) in [6, 6.07) is 0. The fourth-order valence-electron chi connectivity index (χ4n) is 1.01. The third-order valence-electron chi connectivity index (χ3n) is 1.73. The van der Waals surface area contributed by atoms with Crippen molar-refractivity contribution >= 4 is 17.1 Å². The van der Waals surface area contributed by atoms with Crippen molar-refractivity contribution in [2.24, 2.45) is 0 Å². The van der Waals surface area contributed by atoms with E-state index < -0.39 is 12.7 Å². The van der Waals surface area contributed by atoms with Gasteiger partial charge in [-0.05, 0) is 10.3 Å². The summed E-state index contributed by atoms with van der Waals surface area (Å²) < 4.78 is 9.55. The molecule has 0 bridgehead atoms. The van der Waals surface area contributed by atoms with Crippen molar-refractivity contribution in [3.05, 3.63) is 0 Å². The van der Waals surface area contributed by atoms with Crippen LogP contribution in [0.4, 0.5) is 5.95 Å². The molecule has 2 aromatic heterocycles. The average Bonchev–Trinajstić information content (AvgIpc) is 2.73. The first-order valence-electron chi connectivity index (χ1n) is 4.38. The van der Waals surface area contributed by atoms with E-state index in [1.54, 1.807) is 0 Å². The van der Waals surface area contributed by atoms with Crippen LogP contribution in [0.25, 0.3) is 11.2 Å². The number of anilines is 1. The van der Waals surface area contributed by atoms with Gasteiger partial charge in [-0.1, -0.05) is 0 Å². The Morgan fingerprint density at radius 3 is 2.94 bits per heavy atom. The second kappa shape index (κ2) is 4.24. The van der Waals surface area contributed by atoms with Crippen molar-refractivity contribution < 1.29 is 19.6 Å². The molecule has 2 rings (SSSR count). The molecular formula is C7H9N5O4. The fraction of sp³-hybridized carbons (Fsp3) is 0.429. The largest absolute Gasteiger partial charge is 0.473 e. The van der Waals surface area contributed by atoms with Crippen LogP contribution < -0.4 is 10.5 Å². The summed E-state index contributed by atoms with van der Waals surface area (Å²) in [5.41, 5.74) is 5.77. The number of aromatic nitrogens is 4. The number of ether oxygens (including phenoxy) is 1. The topological polar surface area (TPSA) is 140 Å². The van der Waals surface area contributed by atoms with E-state index in [-0.39, 0.29) is 29.6 Å². The maximum Gasteiger partial charge on any atom is 0.251 e. The Morgan fingerprint density at radius 1 is 1.38 bits per heavy atom. The summed E-state index contributed by atoms with van der Waals surface area (Å²) in [4.78, 5) is 7.52. The van der Waals surface area contributed by atoms with E-state index in [9.17, 15) is 0 Å². The number of nitrogens with zero attached hydrogens (tertiary/aromatic N) is 4. The van der Waals surface area contributed by atoms with E-state index in [0.29, 0.717) is 0 Å². The molecule has 0 amide bonds. The minimum absolute atomic E-state index is 0.0447. The van der Waals surface area contributed by atoms with E-state index in [4.69, 9.17) is 20.7 Å². The van der Waals surface area contributed by atoms with Gasteiger partial charge in [-0.15, -0.1) is 0 Å². The van der Waals surface area contributed by atoms with Gasteiger partial charge in [0.15, 0.2) is 0 Å². The summed E-state index contributed by atoms with van der Waals surface area (Å²) in [7, 11) is 0. The van der Waals surface area contributed by atoms with Crippen molar-refractivity contribution in [2.45, 2.75) is 6.10 Å². The average molecular weight is 227 g/mol. The number of hydrogen-bond acceptors (Lipinski definition) is 9. The highest BCUT2D eigenvalue weighted by Crippen LogP contribution is 2.19. The van der Waals surface area contributed by atoms with Gasteiger partial charge >= 0.3 is 0 Å². The van der Waals surface area contributed by atoms with Crippen LogP contribution >= 0.6 is 0 Å². The second-order valence-electron chi connectivity index (χ2n) is 2.97. The van der Waals surface area contributed by atoms with Crippen LogP contribution in [0.5, 0.6) is 5.88 Å². The van der Waals surface area contributed by atoms with Gasteiger partial charge < -0.3 is 20.7 Å². The maximum absolute atomic E-state index is 9.10. The predicted molar refractivity (Wildman–Crippen MR) is 50.4 cm³/mol. The molecule has 0 spiro atoms. The summed E-state index contributed by atoms with van der Waals surface area (Å²) in [5.74, 6) is 0.00735. The molecule has 16 heavy (non-hydrogen) atoms. The fourth-order valence-corrected chi connectivity index (χ4v) is 1.01. The summed E-state index contributed by atoms with van der Waals surface area (Å²) in [5, 5.41) is 24.7. The number of nitrogens with two attached hydrogens (primary N) is 1. The van der Waals surface area contributed by atoms with Gasteiger partial charge in [0.1, 0.15) is 12.7 Å². The van der Waals surface area contributed by atoms with Gasteiger partial charge in [0.2, 0.25) is 17.1 Å². The number of nitrogen functional groups attached to an aromatic ring is 1. The van der Waals surface area contributed by atoms with Crippen LogP contribution in [-0.4, -0.2) is 49.8 Å². The quantitative estimate of drug-likeness (QED) is 0.558. The number of rotatable bonds is 4. The molecule has 0 aliphatic heterocycles. The molecule has 1 atom stereocenters. The molecule has 9 heteroatoms. The van der Waals surface area contributed by atoms with Gasteiger partial charge in [0.05, 0.1) is 6.61 Å². The van der Waals surface area contributed by atoms with E-state index >= 15 is 0 Å². The van der Waals surface area contributed by atoms with Crippen molar-refractivity contribution in [3.8, 4) is 5.88 Å². The number of aliphatic hydroxyl groups excluding tert-OH is 2. The van der Waals surface area contributed by atoms with Crippen molar-refractivity contribution in [2.75, 3.05) is 18.9 Å². The van der Waals surface area contributed by atoms with Crippen LogP contribution in [0, 0.1) is 0 Å². The Kier molecular flexibility index (Phi) is 2.79. The Bertz CT molecular complexity index is 487. The summed E-state index contributed by atoms with van der Waals surface area (Å²) in [6.07, 6.45) is -1.01. The minimum atomic E-state index is -1.01. The van der Waals surface area contributed by atoms with E-state index in [1.807, 2.05) is 0 Å². The molecule has 0 aliphatic carbocycles. The third kappa shape index (κ3) is 1.99. The zero-order valence-corrected chi connectivity index (χ0v) is 8.07. The zero-order chi connectivity index (χ0) is 11.5. The zero-order valence-electron chi connectivity index (χ0n) is 8.07. The lowest BCUT2D eigenvalue weighted by atomic mass is 10.4. The molecule has 4 N–H and O–H groups in total. The Morgan fingerprint density at radius 2 is 2.19 bits per heavy atom. The second-order valence-corrected chi connectivity index (χ2v) is 2.97. The first-order chi connectivity index (χ1) is 7.70. The van der Waals surface area contributed by atoms with Crippen LogP contribution in [0.1, 0.15) is 0 Å². The molecule has 9 nitrogen and oxygen atoms in total. The predicted octanol–water partition coefficient (Wildman–Crippen LogP) is -1.67. The molecule has 0 aromatic carbocycles. The van der Waals surface area contributed by atoms with Crippen molar-refractivity contribution in [3.63, 3.8) is 0 Å².